The molecule has 2 aliphatic rings. The lowest BCUT2D eigenvalue weighted by molar-refractivity contribution is 0.220. The van der Waals surface area contributed by atoms with E-state index in [0.29, 0.717) is 25.4 Å². The third-order valence-electron chi connectivity index (χ3n) is 8.41. The fourth-order valence-corrected chi connectivity index (χ4v) is 5.70. The van der Waals surface area contributed by atoms with E-state index >= 15 is 0 Å². The van der Waals surface area contributed by atoms with Crippen LogP contribution in [0.1, 0.15) is 64.2 Å². The van der Waals surface area contributed by atoms with Gasteiger partial charge in [0, 0.05) is 10.8 Å². The first kappa shape index (κ1) is 30.5. The minimum absolute atomic E-state index is 0.454. The number of fused-ring (bicyclic) bond motifs is 2. The van der Waals surface area contributed by atoms with Crippen molar-refractivity contribution in [3.8, 4) is 23.0 Å². The summed E-state index contributed by atoms with van der Waals surface area (Å²) in [6, 6.07) is 24.7. The molecule has 2 heterocycles. The van der Waals surface area contributed by atoms with Gasteiger partial charge in [-0.1, -0.05) is 62.8 Å². The molecule has 0 saturated carbocycles. The highest BCUT2D eigenvalue weighted by Crippen LogP contribution is 2.31. The Morgan fingerprint density at radius 1 is 0.477 bits per heavy atom. The van der Waals surface area contributed by atoms with Gasteiger partial charge in [0.15, 0.2) is 0 Å². The van der Waals surface area contributed by atoms with Crippen LogP contribution in [0.5, 0.6) is 23.0 Å². The molecule has 2 saturated heterocycles. The van der Waals surface area contributed by atoms with Gasteiger partial charge in [0.25, 0.3) is 0 Å². The van der Waals surface area contributed by atoms with E-state index in [-0.39, 0.29) is 0 Å². The van der Waals surface area contributed by atoms with Crippen LogP contribution in [0.2, 0.25) is 0 Å². The standard InChI is InChI=1S/C38H46O6/c1(5-13-33-27-43-33)3-7-21-39-31-17-19-35-29(25-31)11-9-15-37(35)41-23-24-42-38-16-10-12-30-26-32(18-20-36(30)38)40-22-8-4-2-6-14-34-28-44-34/h9-12,15-20,25-26,33-34H,1-8,13-14,21-24,27-28H2. The molecule has 0 bridgehead atoms. The Balaban J connectivity index is 0.919. The van der Waals surface area contributed by atoms with Crippen LogP contribution in [0.15, 0.2) is 72.8 Å². The minimum Gasteiger partial charge on any atom is -0.494 e. The van der Waals surface area contributed by atoms with Gasteiger partial charge in [0.1, 0.15) is 36.2 Å². The van der Waals surface area contributed by atoms with Gasteiger partial charge in [-0.2, -0.15) is 0 Å². The van der Waals surface area contributed by atoms with E-state index in [2.05, 4.69) is 36.4 Å². The molecule has 0 amide bonds. The maximum atomic E-state index is 6.16. The zero-order valence-electron chi connectivity index (χ0n) is 25.8. The van der Waals surface area contributed by atoms with Crippen molar-refractivity contribution in [3.63, 3.8) is 0 Å². The molecule has 0 spiro atoms. The van der Waals surface area contributed by atoms with Gasteiger partial charge in [-0.15, -0.1) is 0 Å². The predicted octanol–water partition coefficient (Wildman–Crippen LogP) is 8.91. The van der Waals surface area contributed by atoms with E-state index in [1.54, 1.807) is 0 Å². The van der Waals surface area contributed by atoms with E-state index in [4.69, 9.17) is 28.4 Å². The van der Waals surface area contributed by atoms with Crippen LogP contribution in [0, 0.1) is 0 Å². The van der Waals surface area contributed by atoms with Crippen molar-refractivity contribution < 1.29 is 28.4 Å². The Bertz CT molecular complexity index is 1350. The Morgan fingerprint density at radius 3 is 1.39 bits per heavy atom. The second-order valence-corrected chi connectivity index (χ2v) is 12.0. The van der Waals surface area contributed by atoms with Crippen molar-refractivity contribution in [1.29, 1.82) is 0 Å². The lowest BCUT2D eigenvalue weighted by Gasteiger charge is -2.13. The molecule has 234 valence electrons. The maximum Gasteiger partial charge on any atom is 0.127 e. The van der Waals surface area contributed by atoms with Crippen molar-refractivity contribution in [1.82, 2.24) is 0 Å². The molecule has 0 aromatic heterocycles. The maximum absolute atomic E-state index is 6.16. The lowest BCUT2D eigenvalue weighted by atomic mass is 10.1. The number of hydrogen-bond acceptors (Lipinski definition) is 6. The lowest BCUT2D eigenvalue weighted by Crippen LogP contribution is -2.09. The molecule has 0 radical (unpaired) electrons. The van der Waals surface area contributed by atoms with Crippen molar-refractivity contribution in [2.45, 2.75) is 76.4 Å². The SMILES string of the molecule is c1cc(OCCOc2cccc3cc(OCCCCCCC4CO4)ccc23)c2ccc(OCCCCCCC3CO3)cc2c1. The fraction of sp³-hybridized carbons (Fsp3) is 0.474. The summed E-state index contributed by atoms with van der Waals surface area (Å²) in [6.45, 7) is 4.33. The van der Waals surface area contributed by atoms with Crippen molar-refractivity contribution in [2.75, 3.05) is 39.6 Å². The molecule has 0 N–H and O–H groups in total. The molecule has 4 aromatic carbocycles. The summed E-state index contributed by atoms with van der Waals surface area (Å²) in [5.41, 5.74) is 0. The Kier molecular flexibility index (Phi) is 11.1. The Labute approximate surface area is 261 Å². The fourth-order valence-electron chi connectivity index (χ4n) is 5.70. The molecule has 2 unspecified atom stereocenters. The summed E-state index contributed by atoms with van der Waals surface area (Å²) >= 11 is 0. The number of unbranched alkanes of at least 4 members (excludes halogenated alkanes) is 6. The topological polar surface area (TPSA) is 62.0 Å². The average Bonchev–Trinajstić information content (AvgIpc) is 3.99. The molecule has 6 heteroatoms. The summed E-state index contributed by atoms with van der Waals surface area (Å²) < 4.78 is 34.9. The third kappa shape index (κ3) is 9.51. The van der Waals surface area contributed by atoms with Gasteiger partial charge in [-0.25, -0.2) is 0 Å². The highest BCUT2D eigenvalue weighted by Gasteiger charge is 2.21. The van der Waals surface area contributed by atoms with Crippen molar-refractivity contribution >= 4 is 21.5 Å². The molecular formula is C38H46O6. The molecule has 6 nitrogen and oxygen atoms in total. The van der Waals surface area contributed by atoms with Crippen LogP contribution in [-0.4, -0.2) is 51.8 Å². The summed E-state index contributed by atoms with van der Waals surface area (Å²) in [7, 11) is 0. The van der Waals surface area contributed by atoms with Crippen LogP contribution < -0.4 is 18.9 Å². The number of epoxide rings is 2. The molecule has 2 fully saturated rings. The summed E-state index contributed by atoms with van der Waals surface area (Å²) in [5.74, 6) is 3.52. The summed E-state index contributed by atoms with van der Waals surface area (Å²) in [4.78, 5) is 0. The van der Waals surface area contributed by atoms with Crippen molar-refractivity contribution in [2.24, 2.45) is 0 Å². The molecule has 2 atom stereocenters. The number of rotatable bonds is 21. The molecule has 2 aliphatic heterocycles. The first-order valence-corrected chi connectivity index (χ1v) is 16.6. The van der Waals surface area contributed by atoms with E-state index < -0.39 is 0 Å². The van der Waals surface area contributed by atoms with Crippen LogP contribution in [0.3, 0.4) is 0 Å². The number of ether oxygens (including phenoxy) is 6. The van der Waals surface area contributed by atoms with E-state index in [9.17, 15) is 0 Å². The monoisotopic (exact) mass is 598 g/mol. The number of benzene rings is 4. The van der Waals surface area contributed by atoms with Gasteiger partial charge in [0.2, 0.25) is 0 Å². The zero-order chi connectivity index (χ0) is 29.8. The van der Waals surface area contributed by atoms with Crippen LogP contribution in [-0.2, 0) is 9.47 Å². The van der Waals surface area contributed by atoms with E-state index in [0.717, 1.165) is 83.8 Å². The van der Waals surface area contributed by atoms with Gasteiger partial charge in [0.05, 0.1) is 38.6 Å². The first-order valence-electron chi connectivity index (χ1n) is 16.6. The molecule has 6 rings (SSSR count). The van der Waals surface area contributed by atoms with E-state index in [1.165, 1.54) is 51.4 Å². The van der Waals surface area contributed by atoms with Gasteiger partial charge in [-0.05, 0) is 85.0 Å². The quantitative estimate of drug-likeness (QED) is 0.0705. The Morgan fingerprint density at radius 2 is 0.932 bits per heavy atom. The number of hydrogen-bond donors (Lipinski definition) is 0. The average molecular weight is 599 g/mol. The second-order valence-electron chi connectivity index (χ2n) is 12.0. The highest BCUT2D eigenvalue weighted by molar-refractivity contribution is 5.90. The minimum atomic E-state index is 0.454. The molecule has 4 aromatic rings. The van der Waals surface area contributed by atoms with E-state index in [1.807, 2.05) is 36.4 Å². The highest BCUT2D eigenvalue weighted by atomic mass is 16.6. The third-order valence-corrected chi connectivity index (χ3v) is 8.41. The van der Waals surface area contributed by atoms with Crippen LogP contribution in [0.4, 0.5) is 0 Å². The molecule has 44 heavy (non-hydrogen) atoms. The zero-order valence-corrected chi connectivity index (χ0v) is 25.8. The smallest absolute Gasteiger partial charge is 0.127 e. The van der Waals surface area contributed by atoms with Gasteiger partial charge < -0.3 is 28.4 Å². The predicted molar refractivity (Wildman–Crippen MR) is 176 cm³/mol. The summed E-state index contributed by atoms with van der Waals surface area (Å²) in [5, 5.41) is 4.38. The molecular weight excluding hydrogens is 552 g/mol. The van der Waals surface area contributed by atoms with Gasteiger partial charge in [-0.3, -0.25) is 0 Å². The Hall–Kier alpha value is -3.48. The molecule has 0 aliphatic carbocycles. The van der Waals surface area contributed by atoms with Crippen molar-refractivity contribution in [3.05, 3.63) is 72.8 Å². The second kappa shape index (κ2) is 16.0. The van der Waals surface area contributed by atoms with Gasteiger partial charge >= 0.3 is 0 Å². The normalized spacial score (nSPS) is 17.1. The summed E-state index contributed by atoms with van der Waals surface area (Å²) in [6.07, 6.45) is 13.1. The van der Waals surface area contributed by atoms with Crippen LogP contribution in [0.25, 0.3) is 21.5 Å². The largest absolute Gasteiger partial charge is 0.494 e. The van der Waals surface area contributed by atoms with Crippen LogP contribution >= 0.6 is 0 Å². The first-order chi connectivity index (χ1) is 21.8.